The van der Waals surface area contributed by atoms with Gasteiger partial charge in [-0.3, -0.25) is 14.4 Å². The molecule has 0 fully saturated rings. The highest BCUT2D eigenvalue weighted by Crippen LogP contribution is 2.08. The van der Waals surface area contributed by atoms with Gasteiger partial charge < -0.3 is 10.6 Å². The first kappa shape index (κ1) is 15.9. The number of hydrogen-bond acceptors (Lipinski definition) is 3. The Morgan fingerprint density at radius 3 is 2.00 bits per heavy atom. The van der Waals surface area contributed by atoms with Gasteiger partial charge in [0, 0.05) is 13.0 Å². The Labute approximate surface area is 118 Å². The van der Waals surface area contributed by atoms with E-state index in [0.29, 0.717) is 18.5 Å². The van der Waals surface area contributed by atoms with Gasteiger partial charge in [0.2, 0.25) is 0 Å². The zero-order chi connectivity index (χ0) is 15.0. The molecule has 0 bridgehead atoms. The number of nitrogens with one attached hydrogen (secondary N) is 2. The van der Waals surface area contributed by atoms with Crippen molar-refractivity contribution in [3.05, 3.63) is 35.4 Å². The Hall–Kier alpha value is -2.17. The van der Waals surface area contributed by atoms with Crippen molar-refractivity contribution >= 4 is 17.6 Å². The van der Waals surface area contributed by atoms with Crippen molar-refractivity contribution in [2.24, 2.45) is 0 Å². The van der Waals surface area contributed by atoms with Gasteiger partial charge in [0.15, 0.2) is 5.78 Å². The van der Waals surface area contributed by atoms with Crippen LogP contribution in [0.3, 0.4) is 0 Å². The van der Waals surface area contributed by atoms with Crippen LogP contribution in [0.1, 0.15) is 47.4 Å². The van der Waals surface area contributed by atoms with Gasteiger partial charge in [0.25, 0.3) is 11.8 Å². The largest absolute Gasteiger partial charge is 0.352 e. The van der Waals surface area contributed by atoms with E-state index < -0.39 is 5.91 Å². The molecule has 0 aliphatic rings. The molecule has 1 aromatic rings. The molecule has 0 atom stereocenters. The maximum absolute atomic E-state index is 12.0. The molecule has 0 spiro atoms. The topological polar surface area (TPSA) is 75.3 Å². The number of carbonyl (C=O) groups excluding carboxylic acids is 3. The number of carbonyl (C=O) groups is 3. The average Bonchev–Trinajstić information content (AvgIpc) is 2.49. The van der Waals surface area contributed by atoms with Gasteiger partial charge in [0.05, 0.1) is 17.7 Å². The Morgan fingerprint density at radius 2 is 1.50 bits per heavy atom. The molecule has 1 aromatic carbocycles. The Morgan fingerprint density at radius 1 is 0.950 bits per heavy atom. The van der Waals surface area contributed by atoms with Crippen molar-refractivity contribution in [3.8, 4) is 0 Å². The molecule has 0 aromatic heterocycles. The highest BCUT2D eigenvalue weighted by molar-refractivity contribution is 6.07. The highest BCUT2D eigenvalue weighted by atomic mass is 16.2. The van der Waals surface area contributed by atoms with E-state index in [1.165, 1.54) is 0 Å². The Bertz CT molecular complexity index is 498. The predicted molar refractivity (Wildman–Crippen MR) is 76.7 cm³/mol. The van der Waals surface area contributed by atoms with Crippen LogP contribution in [0.25, 0.3) is 0 Å². The van der Waals surface area contributed by atoms with E-state index in [1.54, 1.807) is 31.2 Å². The van der Waals surface area contributed by atoms with E-state index in [2.05, 4.69) is 10.6 Å². The summed E-state index contributed by atoms with van der Waals surface area (Å²) in [5, 5.41) is 5.27. The lowest BCUT2D eigenvalue weighted by molar-refractivity contribution is -0.117. The molecule has 2 amide bonds. The fourth-order valence-corrected chi connectivity index (χ4v) is 1.61. The molecule has 0 saturated carbocycles. The van der Waals surface area contributed by atoms with Crippen LogP contribution in [0.15, 0.2) is 24.3 Å². The van der Waals surface area contributed by atoms with Crippen molar-refractivity contribution in [1.82, 2.24) is 10.6 Å². The summed E-state index contributed by atoms with van der Waals surface area (Å²) in [5.74, 6) is -0.736. The summed E-state index contributed by atoms with van der Waals surface area (Å²) < 4.78 is 0. The third-order valence-electron chi connectivity index (χ3n) is 2.79. The van der Waals surface area contributed by atoms with Crippen LogP contribution < -0.4 is 10.6 Å². The molecule has 5 heteroatoms. The molecule has 0 aliphatic heterocycles. The van der Waals surface area contributed by atoms with Gasteiger partial charge in [-0.15, -0.1) is 0 Å². The van der Waals surface area contributed by atoms with Crippen LogP contribution in [0, 0.1) is 0 Å². The van der Waals surface area contributed by atoms with Gasteiger partial charge in [-0.25, -0.2) is 0 Å². The molecule has 5 nitrogen and oxygen atoms in total. The SMILES string of the molecule is CCCNC(=O)c1ccccc1C(=O)NCC(=O)CC. The van der Waals surface area contributed by atoms with Gasteiger partial charge in [-0.05, 0) is 18.6 Å². The minimum atomic E-state index is -0.408. The van der Waals surface area contributed by atoms with Gasteiger partial charge in [-0.2, -0.15) is 0 Å². The molecule has 0 heterocycles. The van der Waals surface area contributed by atoms with Crippen LogP contribution in [0.2, 0.25) is 0 Å². The first-order valence-electron chi connectivity index (χ1n) is 6.77. The Kier molecular flexibility index (Phi) is 6.43. The quantitative estimate of drug-likeness (QED) is 0.793. The highest BCUT2D eigenvalue weighted by Gasteiger charge is 2.16. The lowest BCUT2D eigenvalue weighted by Gasteiger charge is -2.09. The van der Waals surface area contributed by atoms with Crippen molar-refractivity contribution in [2.75, 3.05) is 13.1 Å². The summed E-state index contributed by atoms with van der Waals surface area (Å²) >= 11 is 0. The number of benzene rings is 1. The molecule has 1 rings (SSSR count). The fraction of sp³-hybridized carbons (Fsp3) is 0.400. The number of hydrogen-bond donors (Lipinski definition) is 2. The second kappa shape index (κ2) is 8.09. The second-order valence-electron chi connectivity index (χ2n) is 4.38. The zero-order valence-corrected chi connectivity index (χ0v) is 11.9. The van der Waals surface area contributed by atoms with E-state index in [9.17, 15) is 14.4 Å². The van der Waals surface area contributed by atoms with Crippen molar-refractivity contribution in [3.63, 3.8) is 0 Å². The molecule has 0 aliphatic carbocycles. The molecule has 0 unspecified atom stereocenters. The number of amides is 2. The lowest BCUT2D eigenvalue weighted by Crippen LogP contribution is -2.32. The predicted octanol–water partition coefficient (Wildman–Crippen LogP) is 1.54. The lowest BCUT2D eigenvalue weighted by atomic mass is 10.1. The molecular formula is C15H20N2O3. The van der Waals surface area contributed by atoms with E-state index in [4.69, 9.17) is 0 Å². The summed E-state index contributed by atoms with van der Waals surface area (Å²) in [4.78, 5) is 35.2. The van der Waals surface area contributed by atoms with Crippen molar-refractivity contribution < 1.29 is 14.4 Å². The van der Waals surface area contributed by atoms with Crippen LogP contribution in [-0.2, 0) is 4.79 Å². The molecular weight excluding hydrogens is 256 g/mol. The number of ketones is 1. The maximum atomic E-state index is 12.0. The van der Waals surface area contributed by atoms with E-state index in [1.807, 2.05) is 6.92 Å². The minimum Gasteiger partial charge on any atom is -0.352 e. The monoisotopic (exact) mass is 276 g/mol. The van der Waals surface area contributed by atoms with Crippen LogP contribution >= 0.6 is 0 Å². The standard InChI is InChI=1S/C15H20N2O3/c1-3-9-16-14(19)12-7-5-6-8-13(12)15(20)17-10-11(18)4-2/h5-8H,3-4,9-10H2,1-2H3,(H,16,19)(H,17,20). The molecule has 2 N–H and O–H groups in total. The van der Waals surface area contributed by atoms with Crippen LogP contribution in [0.4, 0.5) is 0 Å². The summed E-state index contributed by atoms with van der Waals surface area (Å²) in [5.41, 5.74) is 0.604. The van der Waals surface area contributed by atoms with Crippen molar-refractivity contribution in [2.45, 2.75) is 26.7 Å². The van der Waals surface area contributed by atoms with Gasteiger partial charge in [0.1, 0.15) is 0 Å². The summed E-state index contributed by atoms with van der Waals surface area (Å²) in [6.07, 6.45) is 1.20. The number of Topliss-reactive ketones (excluding diaryl/α,β-unsaturated/α-hetero) is 1. The van der Waals surface area contributed by atoms with E-state index >= 15 is 0 Å². The summed E-state index contributed by atoms with van der Waals surface area (Å²) in [7, 11) is 0. The summed E-state index contributed by atoms with van der Waals surface area (Å²) in [6.45, 7) is 4.24. The third kappa shape index (κ3) is 4.50. The van der Waals surface area contributed by atoms with E-state index in [0.717, 1.165) is 6.42 Å². The molecule has 108 valence electrons. The minimum absolute atomic E-state index is 0.0136. The van der Waals surface area contributed by atoms with Crippen LogP contribution in [0.5, 0.6) is 0 Å². The first-order chi connectivity index (χ1) is 9.60. The fourth-order valence-electron chi connectivity index (χ4n) is 1.61. The average molecular weight is 276 g/mol. The van der Waals surface area contributed by atoms with Gasteiger partial charge >= 0.3 is 0 Å². The van der Waals surface area contributed by atoms with Crippen LogP contribution in [-0.4, -0.2) is 30.7 Å². The van der Waals surface area contributed by atoms with Crippen molar-refractivity contribution in [1.29, 1.82) is 0 Å². The first-order valence-corrected chi connectivity index (χ1v) is 6.77. The Balaban J connectivity index is 2.81. The van der Waals surface area contributed by atoms with E-state index in [-0.39, 0.29) is 23.8 Å². The normalized spacial score (nSPS) is 9.90. The maximum Gasteiger partial charge on any atom is 0.252 e. The molecule has 20 heavy (non-hydrogen) atoms. The second-order valence-corrected chi connectivity index (χ2v) is 4.38. The smallest absolute Gasteiger partial charge is 0.252 e. The molecule has 0 saturated heterocycles. The third-order valence-corrected chi connectivity index (χ3v) is 2.79. The van der Waals surface area contributed by atoms with Gasteiger partial charge in [-0.1, -0.05) is 26.0 Å². The zero-order valence-electron chi connectivity index (χ0n) is 11.9. The summed E-state index contributed by atoms with van der Waals surface area (Å²) in [6, 6.07) is 6.57. The molecule has 0 radical (unpaired) electrons. The number of rotatable bonds is 7.